The molecule has 2 aromatic heterocycles. The van der Waals surface area contributed by atoms with Crippen LogP contribution in [0.5, 0.6) is 0 Å². The van der Waals surface area contributed by atoms with Crippen LogP contribution >= 0.6 is 0 Å². The molecule has 0 bridgehead atoms. The van der Waals surface area contributed by atoms with Crippen LogP contribution in [0, 0.1) is 0 Å². The molecule has 0 aliphatic rings. The Kier molecular flexibility index (Phi) is 4.48. The summed E-state index contributed by atoms with van der Waals surface area (Å²) in [4.78, 5) is 40.2. The molecule has 8 nitrogen and oxygen atoms in total. The van der Waals surface area contributed by atoms with Crippen molar-refractivity contribution in [3.63, 3.8) is 0 Å². The van der Waals surface area contributed by atoms with Crippen molar-refractivity contribution in [1.29, 1.82) is 0 Å². The topological polar surface area (TPSA) is 99.1 Å². The largest absolute Gasteiger partial charge is 0.481 e. The summed E-state index contributed by atoms with van der Waals surface area (Å²) in [5, 5.41) is 9.00. The molecular weight excluding hydrogens is 288 g/mol. The van der Waals surface area contributed by atoms with Crippen molar-refractivity contribution in [3.8, 4) is 0 Å². The number of fused-ring (bicyclic) bond motifs is 1. The molecule has 0 radical (unpaired) electrons. The van der Waals surface area contributed by atoms with Gasteiger partial charge >= 0.3 is 11.7 Å². The third-order valence-electron chi connectivity index (χ3n) is 3.58. The van der Waals surface area contributed by atoms with Gasteiger partial charge in [0, 0.05) is 19.6 Å². The van der Waals surface area contributed by atoms with Gasteiger partial charge in [-0.3, -0.25) is 18.7 Å². The molecule has 0 saturated carbocycles. The molecule has 2 rings (SSSR count). The lowest BCUT2D eigenvalue weighted by atomic mass is 10.4. The fraction of sp³-hybridized carbons (Fsp3) is 0.571. The number of carboxylic acids is 1. The zero-order valence-corrected chi connectivity index (χ0v) is 13.0. The lowest BCUT2D eigenvalue weighted by Gasteiger charge is -2.10. The second-order valence-electron chi connectivity index (χ2n) is 5.00. The van der Waals surface area contributed by atoms with E-state index in [1.165, 1.54) is 4.57 Å². The second-order valence-corrected chi connectivity index (χ2v) is 5.00. The van der Waals surface area contributed by atoms with Crippen molar-refractivity contribution >= 4 is 17.1 Å². The molecular formula is C14H20N4O4. The fourth-order valence-electron chi connectivity index (χ4n) is 2.65. The van der Waals surface area contributed by atoms with Gasteiger partial charge in [0.05, 0.1) is 0 Å². The molecule has 0 amide bonds. The van der Waals surface area contributed by atoms with Crippen LogP contribution in [0.2, 0.25) is 0 Å². The van der Waals surface area contributed by atoms with E-state index >= 15 is 0 Å². The molecule has 0 aliphatic carbocycles. The summed E-state index contributed by atoms with van der Waals surface area (Å²) in [5.41, 5.74) is -0.237. The molecule has 0 aromatic carbocycles. The van der Waals surface area contributed by atoms with E-state index < -0.39 is 17.2 Å². The Labute approximate surface area is 126 Å². The first-order valence-electron chi connectivity index (χ1n) is 7.40. The summed E-state index contributed by atoms with van der Waals surface area (Å²) in [6.07, 6.45) is 0.429. The van der Waals surface area contributed by atoms with E-state index in [4.69, 9.17) is 5.11 Å². The van der Waals surface area contributed by atoms with Crippen molar-refractivity contribution in [2.24, 2.45) is 0 Å². The lowest BCUT2D eigenvalue weighted by Crippen LogP contribution is -2.40. The monoisotopic (exact) mass is 308 g/mol. The van der Waals surface area contributed by atoms with E-state index in [1.54, 1.807) is 11.5 Å². The number of hydrogen-bond acceptors (Lipinski definition) is 4. The highest BCUT2D eigenvalue weighted by atomic mass is 16.4. The Morgan fingerprint density at radius 2 is 1.73 bits per heavy atom. The van der Waals surface area contributed by atoms with Gasteiger partial charge in [-0.2, -0.15) is 0 Å². The Morgan fingerprint density at radius 1 is 1.09 bits per heavy atom. The van der Waals surface area contributed by atoms with Crippen molar-refractivity contribution < 1.29 is 9.90 Å². The first-order valence-corrected chi connectivity index (χ1v) is 7.40. The van der Waals surface area contributed by atoms with E-state index in [0.717, 1.165) is 4.57 Å². The third kappa shape index (κ3) is 2.44. The summed E-state index contributed by atoms with van der Waals surface area (Å²) >= 11 is 0. The lowest BCUT2D eigenvalue weighted by molar-refractivity contribution is -0.136. The second kappa shape index (κ2) is 6.17. The third-order valence-corrected chi connectivity index (χ3v) is 3.58. The smallest absolute Gasteiger partial charge is 0.332 e. The van der Waals surface area contributed by atoms with Gasteiger partial charge in [0.1, 0.15) is 12.2 Å². The summed E-state index contributed by atoms with van der Waals surface area (Å²) < 4.78 is 4.21. The maximum atomic E-state index is 12.6. The molecule has 0 atom stereocenters. The molecule has 120 valence electrons. The van der Waals surface area contributed by atoms with Crippen LogP contribution in [0.15, 0.2) is 9.59 Å². The van der Waals surface area contributed by atoms with E-state index in [-0.39, 0.29) is 18.6 Å². The van der Waals surface area contributed by atoms with Crippen LogP contribution in [-0.2, 0) is 30.8 Å². The Hall–Kier alpha value is -2.38. The highest BCUT2D eigenvalue weighted by Crippen LogP contribution is 2.13. The van der Waals surface area contributed by atoms with E-state index in [9.17, 15) is 14.4 Å². The van der Waals surface area contributed by atoms with Gasteiger partial charge < -0.3 is 9.67 Å². The normalized spacial score (nSPS) is 11.2. The minimum atomic E-state index is -1.02. The molecule has 0 fully saturated rings. The number of carboxylic acid groups (broad SMARTS) is 1. The van der Waals surface area contributed by atoms with Gasteiger partial charge in [0.15, 0.2) is 11.2 Å². The van der Waals surface area contributed by atoms with Crippen molar-refractivity contribution in [3.05, 3.63) is 26.7 Å². The number of carbonyl (C=O) groups is 1. The quantitative estimate of drug-likeness (QED) is 0.834. The number of hydrogen-bond donors (Lipinski definition) is 1. The average molecular weight is 308 g/mol. The highest BCUT2D eigenvalue weighted by molar-refractivity contribution is 5.74. The SMILES string of the molecule is CCCn1c(=O)n(CC)c(=O)c2c1nc(CC(=O)O)n2CC. The average Bonchev–Trinajstić information content (AvgIpc) is 2.81. The molecule has 22 heavy (non-hydrogen) atoms. The van der Waals surface area contributed by atoms with E-state index in [1.807, 2.05) is 13.8 Å². The molecule has 0 spiro atoms. The van der Waals surface area contributed by atoms with Crippen molar-refractivity contribution in [2.75, 3.05) is 0 Å². The Balaban J connectivity index is 2.94. The predicted molar refractivity (Wildman–Crippen MR) is 81.2 cm³/mol. The van der Waals surface area contributed by atoms with Gasteiger partial charge in [-0.25, -0.2) is 9.78 Å². The molecule has 0 saturated heterocycles. The Morgan fingerprint density at radius 3 is 2.23 bits per heavy atom. The van der Waals surface area contributed by atoms with Crippen LogP contribution in [0.3, 0.4) is 0 Å². The number of nitrogens with zero attached hydrogens (tertiary/aromatic N) is 4. The molecule has 8 heteroatoms. The number of rotatable bonds is 6. The van der Waals surface area contributed by atoms with Crippen molar-refractivity contribution in [2.45, 2.75) is 53.2 Å². The molecule has 0 aliphatic heterocycles. The zero-order valence-electron chi connectivity index (χ0n) is 13.0. The standard InChI is InChI=1S/C14H20N4O4/c1-4-7-18-12-11(13(21)17(6-3)14(18)22)16(5-2)9(15-12)8-10(19)20/h4-8H2,1-3H3,(H,19,20). The predicted octanol–water partition coefficient (Wildman–Crippen LogP) is 0.437. The van der Waals surface area contributed by atoms with Crippen LogP contribution in [-0.4, -0.2) is 29.8 Å². The maximum absolute atomic E-state index is 12.6. The molecule has 0 unspecified atom stereocenters. The number of aromatic nitrogens is 4. The minimum Gasteiger partial charge on any atom is -0.481 e. The fourth-order valence-corrected chi connectivity index (χ4v) is 2.65. The first kappa shape index (κ1) is 16.0. The van der Waals surface area contributed by atoms with Gasteiger partial charge in [0.25, 0.3) is 5.56 Å². The van der Waals surface area contributed by atoms with Gasteiger partial charge in [-0.15, -0.1) is 0 Å². The number of aliphatic carboxylic acids is 1. The zero-order chi connectivity index (χ0) is 16.4. The van der Waals surface area contributed by atoms with Crippen LogP contribution in [0.1, 0.15) is 33.0 Å². The minimum absolute atomic E-state index is 0.264. The molecule has 2 heterocycles. The first-order chi connectivity index (χ1) is 10.5. The maximum Gasteiger partial charge on any atom is 0.332 e. The summed E-state index contributed by atoms with van der Waals surface area (Å²) in [7, 11) is 0. The van der Waals surface area contributed by atoms with Crippen LogP contribution in [0.4, 0.5) is 0 Å². The summed E-state index contributed by atoms with van der Waals surface area (Å²) in [5.74, 6) is -0.731. The molecule has 1 N–H and O–H groups in total. The summed E-state index contributed by atoms with van der Waals surface area (Å²) in [6, 6.07) is 0. The van der Waals surface area contributed by atoms with E-state index in [2.05, 4.69) is 4.98 Å². The van der Waals surface area contributed by atoms with E-state index in [0.29, 0.717) is 30.9 Å². The number of aryl methyl sites for hydroxylation is 2. The van der Waals surface area contributed by atoms with Gasteiger partial charge in [-0.1, -0.05) is 6.92 Å². The van der Waals surface area contributed by atoms with Crippen LogP contribution < -0.4 is 11.2 Å². The van der Waals surface area contributed by atoms with Crippen LogP contribution in [0.25, 0.3) is 11.2 Å². The Bertz CT molecular complexity index is 828. The van der Waals surface area contributed by atoms with Gasteiger partial charge in [0.2, 0.25) is 0 Å². The molecule has 2 aromatic rings. The highest BCUT2D eigenvalue weighted by Gasteiger charge is 2.21. The summed E-state index contributed by atoms with van der Waals surface area (Å²) in [6.45, 7) is 6.59. The van der Waals surface area contributed by atoms with Crippen molar-refractivity contribution in [1.82, 2.24) is 18.7 Å². The van der Waals surface area contributed by atoms with Gasteiger partial charge in [-0.05, 0) is 20.3 Å². The number of imidazole rings is 1.